The van der Waals surface area contributed by atoms with Gasteiger partial charge in [-0.25, -0.2) is 8.78 Å². The Hall–Kier alpha value is -1.94. The predicted octanol–water partition coefficient (Wildman–Crippen LogP) is 3.61. The van der Waals surface area contributed by atoms with Crippen LogP contribution < -0.4 is 4.74 Å². The first-order valence-electron chi connectivity index (χ1n) is 6.34. The van der Waals surface area contributed by atoms with Crippen LogP contribution in [0.4, 0.5) is 8.78 Å². The van der Waals surface area contributed by atoms with E-state index in [2.05, 4.69) is 0 Å². The van der Waals surface area contributed by atoms with Crippen LogP contribution in [0.5, 0.6) is 5.75 Å². The van der Waals surface area contributed by atoms with Crippen LogP contribution in [0.2, 0.25) is 0 Å². The van der Waals surface area contributed by atoms with Gasteiger partial charge in [-0.15, -0.1) is 0 Å². The van der Waals surface area contributed by atoms with Gasteiger partial charge < -0.3 is 4.74 Å². The summed E-state index contributed by atoms with van der Waals surface area (Å²) < 4.78 is 31.9. The van der Waals surface area contributed by atoms with Gasteiger partial charge in [0.2, 0.25) is 0 Å². The van der Waals surface area contributed by atoms with E-state index < -0.39 is 11.6 Å². The second-order valence-corrected chi connectivity index (χ2v) is 4.74. The first kappa shape index (κ1) is 14.5. The molecule has 0 aliphatic rings. The van der Waals surface area contributed by atoms with Crippen LogP contribution in [0.3, 0.4) is 0 Å². The molecule has 0 spiro atoms. The molecule has 0 saturated heterocycles. The van der Waals surface area contributed by atoms with E-state index >= 15 is 0 Å². The number of hydrogen-bond donors (Lipinski definition) is 0. The average Bonchev–Trinajstić information content (AvgIpc) is 2.44. The first-order valence-corrected chi connectivity index (χ1v) is 6.34. The fraction of sp³-hybridized carbons (Fsp3) is 0.250. The Morgan fingerprint density at radius 3 is 2.55 bits per heavy atom. The van der Waals surface area contributed by atoms with Crippen LogP contribution >= 0.6 is 0 Å². The van der Waals surface area contributed by atoms with E-state index in [1.54, 1.807) is 13.2 Å². The zero-order valence-corrected chi connectivity index (χ0v) is 11.6. The van der Waals surface area contributed by atoms with Crippen molar-refractivity contribution in [2.75, 3.05) is 14.2 Å². The summed E-state index contributed by atoms with van der Waals surface area (Å²) in [5.74, 6) is -0.796. The van der Waals surface area contributed by atoms with Gasteiger partial charge in [-0.3, -0.25) is 4.90 Å². The Kier molecular flexibility index (Phi) is 4.69. The SMILES string of the molecule is COc1cccc(CN(C)Cc2cccc(F)c2F)c1. The highest BCUT2D eigenvalue weighted by Crippen LogP contribution is 2.17. The first-order chi connectivity index (χ1) is 9.60. The minimum Gasteiger partial charge on any atom is -0.497 e. The molecule has 4 heteroatoms. The summed E-state index contributed by atoms with van der Waals surface area (Å²) in [4.78, 5) is 1.92. The van der Waals surface area contributed by atoms with Gasteiger partial charge in [0.05, 0.1) is 7.11 Å². The molecule has 0 aliphatic heterocycles. The van der Waals surface area contributed by atoms with Crippen molar-refractivity contribution in [1.29, 1.82) is 0 Å². The van der Waals surface area contributed by atoms with E-state index in [1.165, 1.54) is 6.07 Å². The maximum Gasteiger partial charge on any atom is 0.163 e. The molecule has 2 rings (SSSR count). The molecule has 0 heterocycles. The monoisotopic (exact) mass is 277 g/mol. The molecule has 0 N–H and O–H groups in total. The Labute approximate surface area is 117 Å². The van der Waals surface area contributed by atoms with Crippen molar-refractivity contribution in [2.45, 2.75) is 13.1 Å². The molecule has 0 fully saturated rings. The average molecular weight is 277 g/mol. The fourth-order valence-electron chi connectivity index (χ4n) is 2.10. The van der Waals surface area contributed by atoms with Crippen LogP contribution in [0, 0.1) is 11.6 Å². The molecule has 0 bridgehead atoms. The highest BCUT2D eigenvalue weighted by Gasteiger charge is 2.10. The smallest absolute Gasteiger partial charge is 0.163 e. The molecule has 0 atom stereocenters. The van der Waals surface area contributed by atoms with Gasteiger partial charge in [-0.1, -0.05) is 24.3 Å². The summed E-state index contributed by atoms with van der Waals surface area (Å²) >= 11 is 0. The van der Waals surface area contributed by atoms with Crippen molar-refractivity contribution in [2.24, 2.45) is 0 Å². The highest BCUT2D eigenvalue weighted by molar-refractivity contribution is 5.28. The molecular formula is C16H17F2NO. The van der Waals surface area contributed by atoms with Crippen molar-refractivity contribution in [1.82, 2.24) is 4.90 Å². The minimum absolute atomic E-state index is 0.348. The lowest BCUT2D eigenvalue weighted by atomic mass is 10.1. The number of rotatable bonds is 5. The van der Waals surface area contributed by atoms with E-state index in [9.17, 15) is 8.78 Å². The van der Waals surface area contributed by atoms with Crippen LogP contribution in [0.1, 0.15) is 11.1 Å². The maximum absolute atomic E-state index is 13.6. The number of hydrogen-bond acceptors (Lipinski definition) is 2. The lowest BCUT2D eigenvalue weighted by Crippen LogP contribution is -2.18. The number of nitrogens with zero attached hydrogens (tertiary/aromatic N) is 1. The topological polar surface area (TPSA) is 12.5 Å². The lowest BCUT2D eigenvalue weighted by molar-refractivity contribution is 0.310. The molecule has 0 aromatic heterocycles. The Morgan fingerprint density at radius 1 is 1.05 bits per heavy atom. The normalized spacial score (nSPS) is 10.8. The zero-order chi connectivity index (χ0) is 14.5. The third-order valence-corrected chi connectivity index (χ3v) is 3.06. The molecule has 2 aromatic carbocycles. The Bertz CT molecular complexity index is 586. The van der Waals surface area contributed by atoms with Crippen molar-refractivity contribution in [3.8, 4) is 5.75 Å². The van der Waals surface area contributed by atoms with E-state index in [4.69, 9.17) is 4.74 Å². The molecule has 106 valence electrons. The summed E-state index contributed by atoms with van der Waals surface area (Å²) in [7, 11) is 3.48. The zero-order valence-electron chi connectivity index (χ0n) is 11.6. The molecule has 0 aliphatic carbocycles. The summed E-state index contributed by atoms with van der Waals surface area (Å²) in [6.45, 7) is 0.980. The molecule has 0 amide bonds. The van der Waals surface area contributed by atoms with Crippen molar-refractivity contribution < 1.29 is 13.5 Å². The highest BCUT2D eigenvalue weighted by atomic mass is 19.2. The van der Waals surface area contributed by atoms with Crippen molar-refractivity contribution in [3.05, 3.63) is 65.2 Å². The van der Waals surface area contributed by atoms with Gasteiger partial charge in [0.1, 0.15) is 5.75 Å². The van der Waals surface area contributed by atoms with Gasteiger partial charge in [0, 0.05) is 18.7 Å². The number of methoxy groups -OCH3 is 1. The standard InChI is InChI=1S/C16H17F2NO/c1-19(10-12-5-3-7-14(9-12)20-2)11-13-6-4-8-15(17)16(13)18/h3-9H,10-11H2,1-2H3. The van der Waals surface area contributed by atoms with E-state index in [0.29, 0.717) is 18.7 Å². The Balaban J connectivity index is 2.05. The van der Waals surface area contributed by atoms with Crippen LogP contribution in [0.25, 0.3) is 0 Å². The van der Waals surface area contributed by atoms with Gasteiger partial charge in [-0.2, -0.15) is 0 Å². The lowest BCUT2D eigenvalue weighted by Gasteiger charge is -2.17. The second-order valence-electron chi connectivity index (χ2n) is 4.74. The number of halogens is 2. The number of benzene rings is 2. The van der Waals surface area contributed by atoms with E-state index in [-0.39, 0.29) is 0 Å². The minimum atomic E-state index is -0.808. The third kappa shape index (κ3) is 3.54. The predicted molar refractivity (Wildman–Crippen MR) is 74.5 cm³/mol. The van der Waals surface area contributed by atoms with E-state index in [1.807, 2.05) is 36.2 Å². The molecular weight excluding hydrogens is 260 g/mol. The molecule has 2 aromatic rings. The van der Waals surface area contributed by atoms with Crippen LogP contribution in [0.15, 0.2) is 42.5 Å². The second kappa shape index (κ2) is 6.48. The summed E-state index contributed by atoms with van der Waals surface area (Å²) in [6, 6.07) is 11.9. The fourth-order valence-corrected chi connectivity index (χ4v) is 2.10. The third-order valence-electron chi connectivity index (χ3n) is 3.06. The van der Waals surface area contributed by atoms with Gasteiger partial charge in [0.25, 0.3) is 0 Å². The molecule has 0 saturated carbocycles. The Morgan fingerprint density at radius 2 is 1.80 bits per heavy atom. The van der Waals surface area contributed by atoms with Gasteiger partial charge >= 0.3 is 0 Å². The van der Waals surface area contributed by atoms with E-state index in [0.717, 1.165) is 17.4 Å². The van der Waals surface area contributed by atoms with Gasteiger partial charge in [-0.05, 0) is 30.8 Å². The quantitative estimate of drug-likeness (QED) is 0.828. The van der Waals surface area contributed by atoms with Crippen molar-refractivity contribution in [3.63, 3.8) is 0 Å². The molecule has 20 heavy (non-hydrogen) atoms. The van der Waals surface area contributed by atoms with Crippen LogP contribution in [-0.4, -0.2) is 19.1 Å². The molecule has 0 unspecified atom stereocenters. The summed E-state index contributed by atoms with van der Waals surface area (Å²) in [5, 5.41) is 0. The number of ether oxygens (including phenoxy) is 1. The molecule has 2 nitrogen and oxygen atoms in total. The largest absolute Gasteiger partial charge is 0.497 e. The van der Waals surface area contributed by atoms with Crippen LogP contribution in [-0.2, 0) is 13.1 Å². The van der Waals surface area contributed by atoms with Gasteiger partial charge in [0.15, 0.2) is 11.6 Å². The maximum atomic E-state index is 13.6. The van der Waals surface area contributed by atoms with Crippen molar-refractivity contribution >= 4 is 0 Å². The summed E-state index contributed by atoms with van der Waals surface area (Å²) in [6.07, 6.45) is 0. The summed E-state index contributed by atoms with van der Waals surface area (Å²) in [5.41, 5.74) is 1.42. The molecule has 0 radical (unpaired) electrons.